The molecule has 0 fully saturated rings. The van der Waals surface area contributed by atoms with E-state index in [1.165, 1.54) is 0 Å². The van der Waals surface area contributed by atoms with Gasteiger partial charge in [0.05, 0.1) is 0 Å². The number of benzene rings is 1. The number of carbonyl (C=O) groups is 1. The van der Waals surface area contributed by atoms with Gasteiger partial charge in [0, 0.05) is 18.7 Å². The normalized spacial score (nSPS) is 9.93. The molecule has 76 valence electrons. The summed E-state index contributed by atoms with van der Waals surface area (Å²) in [6, 6.07) is 5.76. The summed E-state index contributed by atoms with van der Waals surface area (Å²) in [5.74, 6) is 0.0299. The van der Waals surface area contributed by atoms with Crippen molar-refractivity contribution in [2.75, 3.05) is 5.32 Å². The van der Waals surface area contributed by atoms with Gasteiger partial charge in [0.15, 0.2) is 0 Å². The van der Waals surface area contributed by atoms with Gasteiger partial charge in [0.2, 0.25) is 5.91 Å². The number of nitrogens with one attached hydrogen (secondary N) is 1. The molecular formula is C11H16N2O. The van der Waals surface area contributed by atoms with Crippen molar-refractivity contribution < 1.29 is 4.79 Å². The summed E-state index contributed by atoms with van der Waals surface area (Å²) in [7, 11) is 0. The SMILES string of the molecule is CCC(=O)Nc1cccc(CN)c1C. The maximum Gasteiger partial charge on any atom is 0.224 e. The fraction of sp³-hybridized carbons (Fsp3) is 0.364. The van der Waals surface area contributed by atoms with E-state index in [-0.39, 0.29) is 5.91 Å². The van der Waals surface area contributed by atoms with Crippen molar-refractivity contribution in [2.24, 2.45) is 5.73 Å². The van der Waals surface area contributed by atoms with Crippen LogP contribution in [-0.2, 0) is 11.3 Å². The molecule has 0 bridgehead atoms. The van der Waals surface area contributed by atoms with Crippen LogP contribution >= 0.6 is 0 Å². The molecule has 0 saturated heterocycles. The smallest absolute Gasteiger partial charge is 0.224 e. The fourth-order valence-corrected chi connectivity index (χ4v) is 1.28. The van der Waals surface area contributed by atoms with Crippen LogP contribution in [0.25, 0.3) is 0 Å². The zero-order chi connectivity index (χ0) is 10.6. The van der Waals surface area contributed by atoms with Gasteiger partial charge >= 0.3 is 0 Å². The zero-order valence-electron chi connectivity index (χ0n) is 8.63. The lowest BCUT2D eigenvalue weighted by Gasteiger charge is -2.10. The highest BCUT2D eigenvalue weighted by Crippen LogP contribution is 2.18. The second-order valence-corrected chi connectivity index (χ2v) is 3.20. The molecule has 1 rings (SSSR count). The Morgan fingerprint density at radius 3 is 2.79 bits per heavy atom. The Balaban J connectivity index is 2.92. The van der Waals surface area contributed by atoms with Crippen molar-refractivity contribution in [3.63, 3.8) is 0 Å². The van der Waals surface area contributed by atoms with E-state index in [4.69, 9.17) is 5.73 Å². The van der Waals surface area contributed by atoms with Crippen molar-refractivity contribution >= 4 is 11.6 Å². The number of nitrogens with two attached hydrogens (primary N) is 1. The Labute approximate surface area is 84.3 Å². The molecular weight excluding hydrogens is 176 g/mol. The van der Waals surface area contributed by atoms with E-state index < -0.39 is 0 Å². The first-order chi connectivity index (χ1) is 6.69. The molecule has 0 unspecified atom stereocenters. The van der Waals surface area contributed by atoms with Crippen LogP contribution in [0.5, 0.6) is 0 Å². The number of anilines is 1. The molecule has 0 aliphatic carbocycles. The van der Waals surface area contributed by atoms with Crippen LogP contribution in [-0.4, -0.2) is 5.91 Å². The summed E-state index contributed by atoms with van der Waals surface area (Å²) in [6.07, 6.45) is 0.492. The number of carbonyl (C=O) groups excluding carboxylic acids is 1. The van der Waals surface area contributed by atoms with Gasteiger partial charge in [-0.1, -0.05) is 19.1 Å². The molecule has 0 atom stereocenters. The number of hydrogen-bond acceptors (Lipinski definition) is 2. The van der Waals surface area contributed by atoms with E-state index in [1.807, 2.05) is 32.0 Å². The van der Waals surface area contributed by atoms with Gasteiger partial charge in [-0.15, -0.1) is 0 Å². The van der Waals surface area contributed by atoms with Crippen molar-refractivity contribution in [1.29, 1.82) is 0 Å². The molecule has 0 saturated carbocycles. The monoisotopic (exact) mass is 192 g/mol. The summed E-state index contributed by atoms with van der Waals surface area (Å²) >= 11 is 0. The third kappa shape index (κ3) is 2.33. The predicted molar refractivity (Wildman–Crippen MR) is 58.0 cm³/mol. The lowest BCUT2D eigenvalue weighted by atomic mass is 10.1. The van der Waals surface area contributed by atoms with E-state index in [2.05, 4.69) is 5.32 Å². The Hall–Kier alpha value is -1.35. The summed E-state index contributed by atoms with van der Waals surface area (Å²) in [5, 5.41) is 2.84. The van der Waals surface area contributed by atoms with Crippen LogP contribution in [0.15, 0.2) is 18.2 Å². The van der Waals surface area contributed by atoms with Crippen molar-refractivity contribution in [2.45, 2.75) is 26.8 Å². The summed E-state index contributed by atoms with van der Waals surface area (Å²) in [5.41, 5.74) is 8.55. The molecule has 1 aromatic rings. The van der Waals surface area contributed by atoms with Gasteiger partial charge < -0.3 is 11.1 Å². The van der Waals surface area contributed by atoms with Crippen LogP contribution in [0.3, 0.4) is 0 Å². The maximum absolute atomic E-state index is 11.2. The van der Waals surface area contributed by atoms with Crippen LogP contribution in [0.2, 0.25) is 0 Å². The number of rotatable bonds is 3. The summed E-state index contributed by atoms with van der Waals surface area (Å²) in [4.78, 5) is 11.2. The van der Waals surface area contributed by atoms with E-state index in [9.17, 15) is 4.79 Å². The third-order valence-corrected chi connectivity index (χ3v) is 2.26. The van der Waals surface area contributed by atoms with Crippen LogP contribution in [0.1, 0.15) is 24.5 Å². The number of hydrogen-bond donors (Lipinski definition) is 2. The topological polar surface area (TPSA) is 55.1 Å². The molecule has 3 N–H and O–H groups in total. The summed E-state index contributed by atoms with van der Waals surface area (Å²) in [6.45, 7) is 4.30. The molecule has 3 heteroatoms. The quantitative estimate of drug-likeness (QED) is 0.767. The molecule has 0 spiro atoms. The van der Waals surface area contributed by atoms with Gasteiger partial charge in [-0.05, 0) is 24.1 Å². The highest BCUT2D eigenvalue weighted by atomic mass is 16.1. The second-order valence-electron chi connectivity index (χ2n) is 3.20. The van der Waals surface area contributed by atoms with Crippen LogP contribution in [0.4, 0.5) is 5.69 Å². The molecule has 0 radical (unpaired) electrons. The Kier molecular flexibility index (Phi) is 3.65. The molecule has 1 aromatic carbocycles. The Bertz CT molecular complexity index is 334. The standard InChI is InChI=1S/C11H16N2O/c1-3-11(14)13-10-6-4-5-9(7-12)8(10)2/h4-6H,3,7,12H2,1-2H3,(H,13,14). The summed E-state index contributed by atoms with van der Waals surface area (Å²) < 4.78 is 0. The minimum absolute atomic E-state index is 0.0299. The minimum atomic E-state index is 0.0299. The van der Waals surface area contributed by atoms with E-state index in [0.29, 0.717) is 13.0 Å². The zero-order valence-corrected chi connectivity index (χ0v) is 8.63. The maximum atomic E-state index is 11.2. The van der Waals surface area contributed by atoms with E-state index in [0.717, 1.165) is 16.8 Å². The molecule has 14 heavy (non-hydrogen) atoms. The average molecular weight is 192 g/mol. The lowest BCUT2D eigenvalue weighted by Crippen LogP contribution is -2.11. The van der Waals surface area contributed by atoms with Crippen molar-refractivity contribution in [3.05, 3.63) is 29.3 Å². The Morgan fingerprint density at radius 2 is 2.21 bits per heavy atom. The Morgan fingerprint density at radius 1 is 1.50 bits per heavy atom. The van der Waals surface area contributed by atoms with Gasteiger partial charge in [-0.2, -0.15) is 0 Å². The first-order valence-electron chi connectivity index (χ1n) is 4.77. The molecule has 3 nitrogen and oxygen atoms in total. The van der Waals surface area contributed by atoms with Gasteiger partial charge in [-0.3, -0.25) is 4.79 Å². The largest absolute Gasteiger partial charge is 0.326 e. The van der Waals surface area contributed by atoms with E-state index in [1.54, 1.807) is 0 Å². The van der Waals surface area contributed by atoms with Crippen molar-refractivity contribution in [1.82, 2.24) is 0 Å². The molecule has 1 amide bonds. The minimum Gasteiger partial charge on any atom is -0.326 e. The molecule has 0 aliphatic heterocycles. The molecule has 0 heterocycles. The second kappa shape index (κ2) is 4.77. The number of amides is 1. The van der Waals surface area contributed by atoms with E-state index >= 15 is 0 Å². The van der Waals surface area contributed by atoms with Gasteiger partial charge in [0.1, 0.15) is 0 Å². The average Bonchev–Trinajstić information content (AvgIpc) is 2.21. The highest BCUT2D eigenvalue weighted by Gasteiger charge is 2.04. The molecule has 0 aliphatic rings. The van der Waals surface area contributed by atoms with Crippen LogP contribution < -0.4 is 11.1 Å². The predicted octanol–water partition coefficient (Wildman–Crippen LogP) is 1.80. The van der Waals surface area contributed by atoms with Gasteiger partial charge in [-0.25, -0.2) is 0 Å². The first-order valence-corrected chi connectivity index (χ1v) is 4.77. The lowest BCUT2D eigenvalue weighted by molar-refractivity contribution is -0.115. The fourth-order valence-electron chi connectivity index (χ4n) is 1.28. The third-order valence-electron chi connectivity index (χ3n) is 2.26. The first kappa shape index (κ1) is 10.7. The highest BCUT2D eigenvalue weighted by molar-refractivity contribution is 5.91. The van der Waals surface area contributed by atoms with Crippen LogP contribution in [0, 0.1) is 6.92 Å². The van der Waals surface area contributed by atoms with Crippen molar-refractivity contribution in [3.8, 4) is 0 Å². The molecule has 0 aromatic heterocycles. The van der Waals surface area contributed by atoms with Gasteiger partial charge in [0.25, 0.3) is 0 Å².